The molecule has 1 aliphatic rings. The van der Waals surface area contributed by atoms with Gasteiger partial charge in [0, 0.05) is 25.1 Å². The van der Waals surface area contributed by atoms with Crippen LogP contribution in [0.15, 0.2) is 30.3 Å². The van der Waals surface area contributed by atoms with E-state index in [9.17, 15) is 0 Å². The first-order chi connectivity index (χ1) is 11.1. The van der Waals surface area contributed by atoms with Crippen LogP contribution >= 0.6 is 23.2 Å². The van der Waals surface area contributed by atoms with E-state index in [1.807, 2.05) is 37.3 Å². The van der Waals surface area contributed by atoms with Crippen molar-refractivity contribution in [2.24, 2.45) is 5.92 Å². The number of piperidine rings is 1. The third-order valence-electron chi connectivity index (χ3n) is 3.95. The van der Waals surface area contributed by atoms with Crippen molar-refractivity contribution < 1.29 is 4.74 Å². The lowest BCUT2D eigenvalue weighted by atomic mass is 9.99. The summed E-state index contributed by atoms with van der Waals surface area (Å²) in [7, 11) is 0. The molecule has 1 aromatic carbocycles. The van der Waals surface area contributed by atoms with Crippen LogP contribution in [-0.4, -0.2) is 29.7 Å². The predicted octanol–water partition coefficient (Wildman–Crippen LogP) is 4.39. The molecule has 0 radical (unpaired) electrons. The Morgan fingerprint density at radius 2 is 2.09 bits per heavy atom. The van der Waals surface area contributed by atoms with Gasteiger partial charge in [-0.2, -0.15) is 0 Å². The van der Waals surface area contributed by atoms with E-state index in [0.29, 0.717) is 28.5 Å². The molecule has 0 spiro atoms. The van der Waals surface area contributed by atoms with Crippen molar-refractivity contribution in [3.05, 3.63) is 46.3 Å². The zero-order valence-corrected chi connectivity index (χ0v) is 14.5. The second-order valence-corrected chi connectivity index (χ2v) is 6.59. The van der Waals surface area contributed by atoms with Gasteiger partial charge in [0.1, 0.15) is 22.5 Å². The fourth-order valence-corrected chi connectivity index (χ4v) is 3.27. The van der Waals surface area contributed by atoms with E-state index in [1.165, 1.54) is 0 Å². The Balaban J connectivity index is 1.63. The van der Waals surface area contributed by atoms with Gasteiger partial charge in [-0.3, -0.25) is 0 Å². The highest BCUT2D eigenvalue weighted by Gasteiger charge is 2.22. The Morgan fingerprint density at radius 1 is 1.26 bits per heavy atom. The van der Waals surface area contributed by atoms with E-state index in [4.69, 9.17) is 27.9 Å². The molecule has 0 aliphatic carbocycles. The van der Waals surface area contributed by atoms with E-state index in [-0.39, 0.29) is 0 Å². The SMILES string of the molecule is Cc1nc(Cl)cc(N2CCCC(COc3ccccc3Cl)C2)n1. The molecule has 1 aliphatic heterocycles. The Hall–Kier alpha value is -1.52. The van der Waals surface area contributed by atoms with Gasteiger partial charge in [-0.05, 0) is 31.9 Å². The Morgan fingerprint density at radius 3 is 2.87 bits per heavy atom. The summed E-state index contributed by atoms with van der Waals surface area (Å²) < 4.78 is 5.89. The number of para-hydroxylation sites is 1. The van der Waals surface area contributed by atoms with Crippen LogP contribution in [0.2, 0.25) is 10.2 Å². The van der Waals surface area contributed by atoms with Gasteiger partial charge in [0.05, 0.1) is 11.6 Å². The van der Waals surface area contributed by atoms with Gasteiger partial charge in [0.25, 0.3) is 0 Å². The van der Waals surface area contributed by atoms with Gasteiger partial charge in [0.15, 0.2) is 0 Å². The molecule has 0 saturated carbocycles. The Labute approximate surface area is 146 Å². The average molecular weight is 352 g/mol. The first-order valence-electron chi connectivity index (χ1n) is 7.75. The van der Waals surface area contributed by atoms with E-state index in [2.05, 4.69) is 14.9 Å². The minimum atomic E-state index is 0.439. The molecule has 1 unspecified atom stereocenters. The quantitative estimate of drug-likeness (QED) is 0.765. The predicted molar refractivity (Wildman–Crippen MR) is 93.7 cm³/mol. The van der Waals surface area contributed by atoms with E-state index >= 15 is 0 Å². The highest BCUT2D eigenvalue weighted by molar-refractivity contribution is 6.32. The number of hydrogen-bond acceptors (Lipinski definition) is 4. The smallest absolute Gasteiger partial charge is 0.137 e. The van der Waals surface area contributed by atoms with Crippen LogP contribution in [0.3, 0.4) is 0 Å². The lowest BCUT2D eigenvalue weighted by molar-refractivity contribution is 0.228. The van der Waals surface area contributed by atoms with Crippen LogP contribution in [0.25, 0.3) is 0 Å². The highest BCUT2D eigenvalue weighted by Crippen LogP contribution is 2.27. The average Bonchev–Trinajstić information content (AvgIpc) is 2.53. The maximum Gasteiger partial charge on any atom is 0.137 e. The van der Waals surface area contributed by atoms with Crippen molar-refractivity contribution in [3.8, 4) is 5.75 Å². The van der Waals surface area contributed by atoms with Crippen molar-refractivity contribution >= 4 is 29.0 Å². The summed E-state index contributed by atoms with van der Waals surface area (Å²) in [5.41, 5.74) is 0. The lowest BCUT2D eigenvalue weighted by Gasteiger charge is -2.33. The molecular weight excluding hydrogens is 333 g/mol. The first-order valence-corrected chi connectivity index (χ1v) is 8.51. The van der Waals surface area contributed by atoms with Gasteiger partial charge in [-0.15, -0.1) is 0 Å². The Bertz CT molecular complexity index is 660. The molecule has 0 N–H and O–H groups in total. The molecule has 3 rings (SSSR count). The van der Waals surface area contributed by atoms with Crippen LogP contribution in [-0.2, 0) is 0 Å². The molecule has 1 aromatic heterocycles. The maximum atomic E-state index is 6.13. The number of aromatic nitrogens is 2. The number of benzene rings is 1. The molecule has 6 heteroatoms. The first kappa shape index (κ1) is 16.3. The van der Waals surface area contributed by atoms with Crippen molar-refractivity contribution in [1.82, 2.24) is 9.97 Å². The molecular formula is C17H19Cl2N3O. The van der Waals surface area contributed by atoms with E-state index in [1.54, 1.807) is 0 Å². The van der Waals surface area contributed by atoms with Crippen LogP contribution in [0, 0.1) is 12.8 Å². The largest absolute Gasteiger partial charge is 0.492 e. The summed E-state index contributed by atoms with van der Waals surface area (Å²) in [6.45, 7) is 4.39. The molecule has 4 nitrogen and oxygen atoms in total. The fourth-order valence-electron chi connectivity index (χ4n) is 2.86. The summed E-state index contributed by atoms with van der Waals surface area (Å²) in [6, 6.07) is 9.40. The van der Waals surface area contributed by atoms with Crippen molar-refractivity contribution in [2.75, 3.05) is 24.6 Å². The van der Waals surface area contributed by atoms with Gasteiger partial charge < -0.3 is 9.64 Å². The van der Waals surface area contributed by atoms with Crippen molar-refractivity contribution in [1.29, 1.82) is 0 Å². The second-order valence-electron chi connectivity index (χ2n) is 5.79. The second kappa shape index (κ2) is 7.37. The van der Waals surface area contributed by atoms with Gasteiger partial charge in [0.2, 0.25) is 0 Å². The highest BCUT2D eigenvalue weighted by atomic mass is 35.5. The molecule has 122 valence electrons. The molecule has 0 amide bonds. The number of hydrogen-bond donors (Lipinski definition) is 0. The van der Waals surface area contributed by atoms with Crippen molar-refractivity contribution in [2.45, 2.75) is 19.8 Å². The Kier molecular flexibility index (Phi) is 5.23. The van der Waals surface area contributed by atoms with Gasteiger partial charge in [-0.1, -0.05) is 35.3 Å². The molecule has 2 heterocycles. The topological polar surface area (TPSA) is 38.2 Å². The zero-order chi connectivity index (χ0) is 16.2. The molecule has 1 saturated heterocycles. The van der Waals surface area contributed by atoms with E-state index in [0.717, 1.165) is 37.5 Å². The normalized spacial score (nSPS) is 18.0. The molecule has 1 atom stereocenters. The number of halogens is 2. The van der Waals surface area contributed by atoms with E-state index < -0.39 is 0 Å². The minimum Gasteiger partial charge on any atom is -0.492 e. The van der Waals surface area contributed by atoms with Crippen molar-refractivity contribution in [3.63, 3.8) is 0 Å². The van der Waals surface area contributed by atoms with Crippen LogP contribution in [0.4, 0.5) is 5.82 Å². The summed E-state index contributed by atoms with van der Waals surface area (Å²) in [5, 5.41) is 1.14. The number of rotatable bonds is 4. The lowest BCUT2D eigenvalue weighted by Crippen LogP contribution is -2.38. The van der Waals surface area contributed by atoms with Crippen LogP contribution in [0.5, 0.6) is 5.75 Å². The van der Waals surface area contributed by atoms with Gasteiger partial charge in [-0.25, -0.2) is 9.97 Å². The summed E-state index contributed by atoms with van der Waals surface area (Å²) in [4.78, 5) is 10.9. The summed E-state index contributed by atoms with van der Waals surface area (Å²) >= 11 is 12.2. The van der Waals surface area contributed by atoms with Crippen LogP contribution < -0.4 is 9.64 Å². The van der Waals surface area contributed by atoms with Gasteiger partial charge >= 0.3 is 0 Å². The third-order valence-corrected chi connectivity index (χ3v) is 4.45. The minimum absolute atomic E-state index is 0.439. The standard InChI is InChI=1S/C17H19Cl2N3O/c1-12-20-16(19)9-17(21-12)22-8-4-5-13(10-22)11-23-15-7-3-2-6-14(15)18/h2-3,6-7,9,13H,4-5,8,10-11H2,1H3. The zero-order valence-electron chi connectivity index (χ0n) is 13.0. The summed E-state index contributed by atoms with van der Waals surface area (Å²) in [6.07, 6.45) is 2.25. The third kappa shape index (κ3) is 4.27. The maximum absolute atomic E-state index is 6.13. The number of nitrogens with zero attached hydrogens (tertiary/aromatic N) is 3. The van der Waals surface area contributed by atoms with Crippen LogP contribution in [0.1, 0.15) is 18.7 Å². The number of anilines is 1. The molecule has 0 bridgehead atoms. The number of ether oxygens (including phenoxy) is 1. The fraction of sp³-hybridized carbons (Fsp3) is 0.412. The summed E-state index contributed by atoms with van der Waals surface area (Å²) in [5.74, 6) is 2.77. The molecule has 2 aromatic rings. The monoisotopic (exact) mass is 351 g/mol. The molecule has 1 fully saturated rings. The number of aryl methyl sites for hydroxylation is 1. The molecule has 23 heavy (non-hydrogen) atoms.